The van der Waals surface area contributed by atoms with Crippen LogP contribution in [0.1, 0.15) is 39.3 Å². The molecule has 4 rings (SSSR count). The van der Waals surface area contributed by atoms with Gasteiger partial charge in [-0.05, 0) is 61.2 Å². The Morgan fingerprint density at radius 1 is 1.00 bits per heavy atom. The lowest BCUT2D eigenvalue weighted by molar-refractivity contribution is 0.393. The Kier molecular flexibility index (Phi) is 5.12. The van der Waals surface area contributed by atoms with E-state index in [0.29, 0.717) is 11.3 Å². The number of benzene rings is 3. The fourth-order valence-electron chi connectivity index (χ4n) is 4.06. The second-order valence-corrected chi connectivity index (χ2v) is 7.64. The van der Waals surface area contributed by atoms with Gasteiger partial charge >= 0.3 is 0 Å². The van der Waals surface area contributed by atoms with Gasteiger partial charge < -0.3 is 10.5 Å². The van der Waals surface area contributed by atoms with Gasteiger partial charge in [0.15, 0.2) is 0 Å². The van der Waals surface area contributed by atoms with Crippen molar-refractivity contribution < 1.29 is 4.74 Å². The van der Waals surface area contributed by atoms with Crippen LogP contribution in [0, 0.1) is 32.1 Å². The smallest absolute Gasteiger partial charge is 0.205 e. The maximum atomic E-state index is 9.73. The number of nitriles is 1. The Labute approximate surface area is 177 Å². The Bertz CT molecular complexity index is 1190. The summed E-state index contributed by atoms with van der Waals surface area (Å²) in [5, 5.41) is 9.73. The molecule has 1 aliphatic heterocycles. The van der Waals surface area contributed by atoms with Gasteiger partial charge in [-0.1, -0.05) is 48.0 Å². The van der Waals surface area contributed by atoms with E-state index in [1.165, 1.54) is 5.56 Å². The first-order chi connectivity index (χ1) is 14.5. The predicted octanol–water partition coefficient (Wildman–Crippen LogP) is 5.58. The Morgan fingerprint density at radius 2 is 1.70 bits per heavy atom. The summed E-state index contributed by atoms with van der Waals surface area (Å²) in [5.74, 6) is 0.558. The van der Waals surface area contributed by atoms with Crippen molar-refractivity contribution in [3.8, 4) is 11.8 Å². The molecule has 1 atom stereocenters. The van der Waals surface area contributed by atoms with Crippen LogP contribution in [0.25, 0.3) is 0 Å². The van der Waals surface area contributed by atoms with Gasteiger partial charge in [0.25, 0.3) is 0 Å². The van der Waals surface area contributed by atoms with E-state index >= 15 is 0 Å². The maximum Gasteiger partial charge on any atom is 0.205 e. The van der Waals surface area contributed by atoms with Crippen LogP contribution in [-0.4, -0.2) is 6.21 Å². The highest BCUT2D eigenvalue weighted by Gasteiger charge is 2.30. The van der Waals surface area contributed by atoms with Crippen molar-refractivity contribution in [3.63, 3.8) is 0 Å². The monoisotopic (exact) mass is 393 g/mol. The van der Waals surface area contributed by atoms with Crippen molar-refractivity contribution in [2.75, 3.05) is 0 Å². The molecule has 1 aliphatic rings. The summed E-state index contributed by atoms with van der Waals surface area (Å²) in [6.45, 7) is 6.24. The molecule has 30 heavy (non-hydrogen) atoms. The zero-order valence-electron chi connectivity index (χ0n) is 17.3. The number of ether oxygens (including phenoxy) is 1. The summed E-state index contributed by atoms with van der Waals surface area (Å²) in [4.78, 5) is 4.75. The zero-order chi connectivity index (χ0) is 21.3. The van der Waals surface area contributed by atoms with Crippen molar-refractivity contribution in [3.05, 3.63) is 106 Å². The number of hydrogen-bond donors (Lipinski definition) is 1. The molecule has 0 saturated heterocycles. The quantitative estimate of drug-likeness (QED) is 0.590. The van der Waals surface area contributed by atoms with Crippen molar-refractivity contribution in [2.24, 2.45) is 10.7 Å². The van der Waals surface area contributed by atoms with Gasteiger partial charge in [0.1, 0.15) is 17.4 Å². The van der Waals surface area contributed by atoms with Crippen LogP contribution in [-0.2, 0) is 0 Å². The number of fused-ring (bicyclic) bond motifs is 1. The fraction of sp³-hybridized carbons (Fsp3) is 0.154. The summed E-state index contributed by atoms with van der Waals surface area (Å²) in [7, 11) is 0. The topological polar surface area (TPSA) is 71.4 Å². The lowest BCUT2D eigenvalue weighted by Crippen LogP contribution is -2.21. The number of nitrogens with two attached hydrogens (primary N) is 1. The average molecular weight is 393 g/mol. The molecule has 0 aromatic heterocycles. The van der Waals surface area contributed by atoms with E-state index in [1.54, 1.807) is 0 Å². The van der Waals surface area contributed by atoms with Crippen LogP contribution in [0.15, 0.2) is 77.1 Å². The second kappa shape index (κ2) is 7.88. The maximum absolute atomic E-state index is 9.73. The van der Waals surface area contributed by atoms with Crippen LogP contribution in [0.4, 0.5) is 5.69 Å². The molecular formula is C26H23N3O. The Morgan fingerprint density at radius 3 is 2.37 bits per heavy atom. The molecule has 0 fully saturated rings. The molecule has 0 amide bonds. The van der Waals surface area contributed by atoms with Crippen LogP contribution in [0.3, 0.4) is 0 Å². The van der Waals surface area contributed by atoms with Crippen LogP contribution in [0.5, 0.6) is 5.75 Å². The van der Waals surface area contributed by atoms with E-state index in [-0.39, 0.29) is 11.8 Å². The Hall–Kier alpha value is -3.84. The van der Waals surface area contributed by atoms with Crippen molar-refractivity contribution >= 4 is 11.9 Å². The molecule has 3 aromatic rings. The highest BCUT2D eigenvalue weighted by molar-refractivity contribution is 5.84. The number of aliphatic imine (C=N–C) groups is 1. The van der Waals surface area contributed by atoms with Gasteiger partial charge in [-0.2, -0.15) is 5.26 Å². The van der Waals surface area contributed by atoms with Crippen LogP contribution in [0.2, 0.25) is 0 Å². The van der Waals surface area contributed by atoms with Gasteiger partial charge in [0.2, 0.25) is 5.88 Å². The first-order valence-corrected chi connectivity index (χ1v) is 9.86. The van der Waals surface area contributed by atoms with Crippen molar-refractivity contribution in [1.29, 1.82) is 5.26 Å². The average Bonchev–Trinajstić information content (AvgIpc) is 2.72. The summed E-state index contributed by atoms with van der Waals surface area (Å²) < 4.78 is 5.75. The van der Waals surface area contributed by atoms with Crippen molar-refractivity contribution in [2.45, 2.75) is 26.7 Å². The fourth-order valence-corrected chi connectivity index (χ4v) is 4.06. The third-order valence-corrected chi connectivity index (χ3v) is 5.35. The molecule has 0 bridgehead atoms. The zero-order valence-corrected chi connectivity index (χ0v) is 17.3. The number of rotatable bonds is 3. The first kappa shape index (κ1) is 19.5. The first-order valence-electron chi connectivity index (χ1n) is 9.86. The number of allylic oxidation sites excluding steroid dienone is 1. The van der Waals surface area contributed by atoms with Gasteiger partial charge in [0, 0.05) is 11.8 Å². The van der Waals surface area contributed by atoms with Crippen LogP contribution < -0.4 is 10.5 Å². The van der Waals surface area contributed by atoms with Gasteiger partial charge in [-0.25, -0.2) is 0 Å². The highest BCUT2D eigenvalue weighted by atomic mass is 16.5. The minimum Gasteiger partial charge on any atom is -0.440 e. The van der Waals surface area contributed by atoms with E-state index in [1.807, 2.05) is 54.7 Å². The summed E-state index contributed by atoms with van der Waals surface area (Å²) in [6.07, 6.45) is 1.86. The minimum absolute atomic E-state index is 0.158. The highest BCUT2D eigenvalue weighted by Crippen LogP contribution is 2.42. The van der Waals surface area contributed by atoms with E-state index < -0.39 is 0 Å². The van der Waals surface area contributed by atoms with Crippen molar-refractivity contribution in [1.82, 2.24) is 0 Å². The molecule has 1 unspecified atom stereocenters. The normalized spacial score (nSPS) is 15.6. The molecule has 0 spiro atoms. The van der Waals surface area contributed by atoms with E-state index in [0.717, 1.165) is 33.5 Å². The van der Waals surface area contributed by atoms with Gasteiger partial charge in [-0.15, -0.1) is 0 Å². The van der Waals surface area contributed by atoms with Gasteiger partial charge in [-0.3, -0.25) is 4.99 Å². The molecule has 3 aromatic carbocycles. The number of nitrogens with zero attached hydrogens (tertiary/aromatic N) is 2. The summed E-state index contributed by atoms with van der Waals surface area (Å²) in [5.41, 5.74) is 13.8. The number of aryl methyl sites for hydroxylation is 3. The Balaban J connectivity index is 1.78. The number of hydrogen-bond acceptors (Lipinski definition) is 4. The molecular weight excluding hydrogens is 370 g/mol. The van der Waals surface area contributed by atoms with E-state index in [9.17, 15) is 5.26 Å². The standard InChI is InChI=1S/C26H23N3O/c1-16-11-17(2)25(18(3)12-16)29-15-19-9-10-23-21(13-19)24(20-7-5-4-6-8-20)22(14-27)26(28)30-23/h4-13,15,24H,28H2,1-3H3. The second-order valence-electron chi connectivity index (χ2n) is 7.64. The molecule has 0 aliphatic carbocycles. The third kappa shape index (κ3) is 3.58. The predicted molar refractivity (Wildman–Crippen MR) is 120 cm³/mol. The van der Waals surface area contributed by atoms with E-state index in [4.69, 9.17) is 15.5 Å². The molecule has 2 N–H and O–H groups in total. The third-order valence-electron chi connectivity index (χ3n) is 5.35. The molecule has 4 nitrogen and oxygen atoms in total. The lowest BCUT2D eigenvalue weighted by Gasteiger charge is -2.26. The van der Waals surface area contributed by atoms with Gasteiger partial charge in [0.05, 0.1) is 11.6 Å². The van der Waals surface area contributed by atoms with Crippen LogP contribution >= 0.6 is 0 Å². The molecule has 1 heterocycles. The minimum atomic E-state index is -0.267. The molecule has 0 saturated carbocycles. The molecule has 4 heteroatoms. The lowest BCUT2D eigenvalue weighted by atomic mass is 9.83. The summed E-state index contributed by atoms with van der Waals surface area (Å²) in [6, 6.07) is 22.3. The largest absolute Gasteiger partial charge is 0.440 e. The van der Waals surface area contributed by atoms with E-state index in [2.05, 4.69) is 39.0 Å². The molecule has 0 radical (unpaired) electrons. The SMILES string of the molecule is Cc1cc(C)c(N=Cc2ccc3c(c2)C(c2ccccc2)C(C#N)=C(N)O3)c(C)c1. The summed E-state index contributed by atoms with van der Waals surface area (Å²) >= 11 is 0. The molecule has 148 valence electrons.